The average Bonchev–Trinajstić information content (AvgIpc) is 2.53. The topological polar surface area (TPSA) is 87.5 Å². The monoisotopic (exact) mass is 306 g/mol. The molecule has 122 valence electrons. The summed E-state index contributed by atoms with van der Waals surface area (Å²) >= 11 is 0. The Balaban J connectivity index is 2.20. The quantitative estimate of drug-likeness (QED) is 0.603. The van der Waals surface area contributed by atoms with Crippen LogP contribution >= 0.6 is 0 Å². The standard InChI is InChI=1S/C16H26N4O2/c1-13(20(2)12-14-6-4-3-5-7-14)8-9-18-16(22)11-19-15(21)10-17/h3-7,13H,8-12,17H2,1-2H3,(H,18,22)(H,19,21). The summed E-state index contributed by atoms with van der Waals surface area (Å²) in [6.45, 7) is 3.46. The van der Waals surface area contributed by atoms with Gasteiger partial charge in [0.1, 0.15) is 0 Å². The number of nitrogens with two attached hydrogens (primary N) is 1. The number of nitrogens with zero attached hydrogens (tertiary/aromatic N) is 1. The fraction of sp³-hybridized carbons (Fsp3) is 0.500. The third kappa shape index (κ3) is 7.19. The van der Waals surface area contributed by atoms with Crippen molar-refractivity contribution in [2.75, 3.05) is 26.7 Å². The van der Waals surface area contributed by atoms with Crippen molar-refractivity contribution < 1.29 is 9.59 Å². The van der Waals surface area contributed by atoms with Crippen molar-refractivity contribution in [1.29, 1.82) is 0 Å². The molecule has 0 aliphatic rings. The molecule has 0 aliphatic heterocycles. The Kier molecular flexibility index (Phi) is 8.17. The first-order chi connectivity index (χ1) is 10.5. The molecule has 2 amide bonds. The van der Waals surface area contributed by atoms with Gasteiger partial charge in [0.05, 0.1) is 13.1 Å². The molecule has 1 atom stereocenters. The van der Waals surface area contributed by atoms with Crippen LogP contribution in [-0.4, -0.2) is 49.4 Å². The highest BCUT2D eigenvalue weighted by molar-refractivity contribution is 5.85. The molecule has 1 unspecified atom stereocenters. The summed E-state index contributed by atoms with van der Waals surface area (Å²) in [6, 6.07) is 10.6. The van der Waals surface area contributed by atoms with E-state index in [1.165, 1.54) is 5.56 Å². The fourth-order valence-electron chi connectivity index (χ4n) is 1.98. The highest BCUT2D eigenvalue weighted by Crippen LogP contribution is 2.07. The van der Waals surface area contributed by atoms with E-state index in [2.05, 4.69) is 41.6 Å². The maximum Gasteiger partial charge on any atom is 0.239 e. The second-order valence-electron chi connectivity index (χ2n) is 5.37. The first kappa shape index (κ1) is 18.1. The second-order valence-corrected chi connectivity index (χ2v) is 5.37. The molecule has 0 aromatic heterocycles. The molecule has 6 heteroatoms. The van der Waals surface area contributed by atoms with E-state index >= 15 is 0 Å². The normalized spacial score (nSPS) is 12.0. The first-order valence-electron chi connectivity index (χ1n) is 7.50. The lowest BCUT2D eigenvalue weighted by molar-refractivity contribution is -0.125. The summed E-state index contributed by atoms with van der Waals surface area (Å²) in [5, 5.41) is 5.23. The SMILES string of the molecule is CC(CCNC(=O)CNC(=O)CN)N(C)Cc1ccccc1. The van der Waals surface area contributed by atoms with Crippen molar-refractivity contribution in [3.63, 3.8) is 0 Å². The summed E-state index contributed by atoms with van der Waals surface area (Å²) in [4.78, 5) is 24.7. The van der Waals surface area contributed by atoms with Crippen molar-refractivity contribution in [2.45, 2.75) is 25.9 Å². The maximum atomic E-state index is 11.5. The van der Waals surface area contributed by atoms with E-state index in [0.717, 1.165) is 13.0 Å². The van der Waals surface area contributed by atoms with Gasteiger partial charge in [-0.25, -0.2) is 0 Å². The zero-order valence-electron chi connectivity index (χ0n) is 13.3. The predicted molar refractivity (Wildman–Crippen MR) is 87.1 cm³/mol. The van der Waals surface area contributed by atoms with Gasteiger partial charge >= 0.3 is 0 Å². The minimum Gasteiger partial charge on any atom is -0.355 e. The Morgan fingerprint density at radius 3 is 2.50 bits per heavy atom. The molecule has 22 heavy (non-hydrogen) atoms. The summed E-state index contributed by atoms with van der Waals surface area (Å²) < 4.78 is 0. The molecule has 0 fully saturated rings. The number of nitrogens with one attached hydrogen (secondary N) is 2. The van der Waals surface area contributed by atoms with Crippen LogP contribution in [0.15, 0.2) is 30.3 Å². The zero-order chi connectivity index (χ0) is 16.4. The van der Waals surface area contributed by atoms with Gasteiger partial charge in [0.2, 0.25) is 11.8 Å². The van der Waals surface area contributed by atoms with E-state index in [1.807, 2.05) is 18.2 Å². The minimum absolute atomic E-state index is 0.0235. The Hall–Kier alpha value is -1.92. The van der Waals surface area contributed by atoms with Gasteiger partial charge in [0.15, 0.2) is 0 Å². The molecule has 4 N–H and O–H groups in total. The van der Waals surface area contributed by atoms with Gasteiger partial charge in [0, 0.05) is 19.1 Å². The summed E-state index contributed by atoms with van der Waals surface area (Å²) in [7, 11) is 2.07. The van der Waals surface area contributed by atoms with E-state index in [0.29, 0.717) is 12.6 Å². The van der Waals surface area contributed by atoms with Crippen molar-refractivity contribution in [1.82, 2.24) is 15.5 Å². The molecular weight excluding hydrogens is 280 g/mol. The van der Waals surface area contributed by atoms with E-state index in [-0.39, 0.29) is 24.9 Å². The highest BCUT2D eigenvalue weighted by atomic mass is 16.2. The van der Waals surface area contributed by atoms with Gasteiger partial charge in [-0.3, -0.25) is 14.5 Å². The van der Waals surface area contributed by atoms with Crippen LogP contribution in [0.2, 0.25) is 0 Å². The van der Waals surface area contributed by atoms with Crippen molar-refractivity contribution in [2.24, 2.45) is 5.73 Å². The van der Waals surface area contributed by atoms with Gasteiger partial charge in [0.25, 0.3) is 0 Å². The molecule has 0 radical (unpaired) electrons. The van der Waals surface area contributed by atoms with Crippen molar-refractivity contribution in [3.05, 3.63) is 35.9 Å². The van der Waals surface area contributed by atoms with E-state index in [1.54, 1.807) is 0 Å². The van der Waals surface area contributed by atoms with Crippen LogP contribution in [0.25, 0.3) is 0 Å². The lowest BCUT2D eigenvalue weighted by Crippen LogP contribution is -2.40. The number of amides is 2. The van der Waals surface area contributed by atoms with Crippen LogP contribution in [-0.2, 0) is 16.1 Å². The van der Waals surface area contributed by atoms with Crippen molar-refractivity contribution in [3.8, 4) is 0 Å². The molecule has 0 heterocycles. The lowest BCUT2D eigenvalue weighted by atomic mass is 10.1. The van der Waals surface area contributed by atoms with Crippen LogP contribution in [0.5, 0.6) is 0 Å². The maximum absolute atomic E-state index is 11.5. The third-order valence-electron chi connectivity index (χ3n) is 3.54. The summed E-state index contributed by atoms with van der Waals surface area (Å²) in [6.07, 6.45) is 0.847. The molecule has 0 spiro atoms. The molecule has 0 saturated carbocycles. The molecule has 1 aromatic rings. The molecule has 0 aliphatic carbocycles. The van der Waals surface area contributed by atoms with Gasteiger partial charge < -0.3 is 16.4 Å². The molecule has 1 aromatic carbocycles. The molecule has 0 saturated heterocycles. The third-order valence-corrected chi connectivity index (χ3v) is 3.54. The zero-order valence-corrected chi connectivity index (χ0v) is 13.3. The van der Waals surface area contributed by atoms with Crippen molar-refractivity contribution >= 4 is 11.8 Å². The van der Waals surface area contributed by atoms with E-state index in [4.69, 9.17) is 5.73 Å². The number of benzene rings is 1. The number of rotatable bonds is 9. The van der Waals surface area contributed by atoms with Gasteiger partial charge in [-0.15, -0.1) is 0 Å². The fourth-order valence-corrected chi connectivity index (χ4v) is 1.98. The molecule has 6 nitrogen and oxygen atoms in total. The van der Waals surface area contributed by atoms with Crippen LogP contribution in [0.3, 0.4) is 0 Å². The summed E-state index contributed by atoms with van der Waals surface area (Å²) in [5.74, 6) is -0.522. The molecular formula is C16H26N4O2. The van der Waals surface area contributed by atoms with Gasteiger partial charge in [-0.1, -0.05) is 30.3 Å². The number of carbonyl (C=O) groups is 2. The van der Waals surface area contributed by atoms with Crippen LogP contribution in [0.4, 0.5) is 0 Å². The van der Waals surface area contributed by atoms with E-state index < -0.39 is 0 Å². The van der Waals surface area contributed by atoms with Gasteiger partial charge in [-0.2, -0.15) is 0 Å². The molecule has 0 bridgehead atoms. The first-order valence-corrected chi connectivity index (χ1v) is 7.50. The second kappa shape index (κ2) is 9.92. The predicted octanol–water partition coefficient (Wildman–Crippen LogP) is 0.0881. The Morgan fingerprint density at radius 2 is 1.86 bits per heavy atom. The number of hydrogen-bond acceptors (Lipinski definition) is 4. The average molecular weight is 306 g/mol. The van der Waals surface area contributed by atoms with E-state index in [9.17, 15) is 9.59 Å². The molecule has 1 rings (SSSR count). The summed E-state index contributed by atoms with van der Waals surface area (Å²) in [5.41, 5.74) is 6.41. The van der Waals surface area contributed by atoms with Crippen LogP contribution < -0.4 is 16.4 Å². The van der Waals surface area contributed by atoms with Gasteiger partial charge in [-0.05, 0) is 26.0 Å². The number of carbonyl (C=O) groups excluding carboxylic acids is 2. The number of hydrogen-bond donors (Lipinski definition) is 3. The Labute approximate surface area is 132 Å². The lowest BCUT2D eigenvalue weighted by Gasteiger charge is -2.24. The largest absolute Gasteiger partial charge is 0.355 e. The smallest absolute Gasteiger partial charge is 0.239 e. The highest BCUT2D eigenvalue weighted by Gasteiger charge is 2.10. The van der Waals surface area contributed by atoms with Crippen LogP contribution in [0, 0.1) is 0 Å². The Morgan fingerprint density at radius 1 is 1.18 bits per heavy atom. The Bertz CT molecular complexity index is 464. The minimum atomic E-state index is -0.328. The van der Waals surface area contributed by atoms with Crippen LogP contribution in [0.1, 0.15) is 18.9 Å².